The van der Waals surface area contributed by atoms with Crippen LogP contribution in [0.1, 0.15) is 18.2 Å². The van der Waals surface area contributed by atoms with E-state index in [0.717, 1.165) is 0 Å². The number of rotatable bonds is 7. The van der Waals surface area contributed by atoms with E-state index in [4.69, 9.17) is 4.74 Å². The van der Waals surface area contributed by atoms with Gasteiger partial charge in [-0.15, -0.1) is 0 Å². The lowest BCUT2D eigenvalue weighted by molar-refractivity contribution is -0.118. The number of amides is 1. The molecule has 0 unspecified atom stereocenters. The molecule has 0 bridgehead atoms. The Morgan fingerprint density at radius 3 is 2.84 bits per heavy atom. The minimum atomic E-state index is -0.128. The van der Waals surface area contributed by atoms with Gasteiger partial charge in [-0.3, -0.25) is 9.59 Å². The van der Waals surface area contributed by atoms with Crippen molar-refractivity contribution in [3.05, 3.63) is 21.6 Å². The number of hydrogen-bond acceptors (Lipinski definition) is 5. The zero-order valence-electron chi connectivity index (χ0n) is 11.4. The van der Waals surface area contributed by atoms with Gasteiger partial charge >= 0.3 is 0 Å². The smallest absolute Gasteiger partial charge is 0.254 e. The molecule has 19 heavy (non-hydrogen) atoms. The molecule has 1 aromatic heterocycles. The van der Waals surface area contributed by atoms with Crippen LogP contribution in [0.2, 0.25) is 0 Å². The Bertz CT molecular complexity index is 488. The van der Waals surface area contributed by atoms with Gasteiger partial charge in [-0.05, 0) is 13.3 Å². The molecule has 0 fully saturated rings. The van der Waals surface area contributed by atoms with E-state index in [1.807, 2.05) is 6.92 Å². The summed E-state index contributed by atoms with van der Waals surface area (Å²) >= 11 is 1.21. The summed E-state index contributed by atoms with van der Waals surface area (Å²) in [5.41, 5.74) is 1.28. The van der Waals surface area contributed by atoms with Crippen molar-refractivity contribution in [2.24, 2.45) is 0 Å². The lowest BCUT2D eigenvalue weighted by Crippen LogP contribution is -2.28. The van der Waals surface area contributed by atoms with Crippen molar-refractivity contribution in [2.45, 2.75) is 25.4 Å². The summed E-state index contributed by atoms with van der Waals surface area (Å²) in [6.07, 6.45) is 0.649. The van der Waals surface area contributed by atoms with Crippen LogP contribution in [-0.4, -0.2) is 41.9 Å². The van der Waals surface area contributed by atoms with Crippen molar-refractivity contribution in [3.63, 3.8) is 0 Å². The summed E-state index contributed by atoms with van der Waals surface area (Å²) in [6, 6.07) is 0. The van der Waals surface area contributed by atoms with Crippen LogP contribution < -0.4 is 10.9 Å². The average molecular weight is 285 g/mol. The van der Waals surface area contributed by atoms with E-state index in [2.05, 4.69) is 15.3 Å². The molecule has 0 atom stereocenters. The number of aromatic nitrogens is 2. The maximum atomic E-state index is 11.7. The maximum absolute atomic E-state index is 11.7. The fraction of sp³-hybridized carbons (Fsp3) is 0.583. The van der Waals surface area contributed by atoms with Gasteiger partial charge in [-0.25, -0.2) is 4.98 Å². The van der Waals surface area contributed by atoms with Crippen LogP contribution in [0.15, 0.2) is 9.95 Å². The van der Waals surface area contributed by atoms with E-state index >= 15 is 0 Å². The molecule has 6 nitrogen and oxygen atoms in total. The molecule has 0 aliphatic heterocycles. The van der Waals surface area contributed by atoms with Gasteiger partial charge in [0.2, 0.25) is 5.91 Å². The third kappa shape index (κ3) is 5.04. The summed E-state index contributed by atoms with van der Waals surface area (Å²) in [5.74, 6) is 0.110. The highest BCUT2D eigenvalue weighted by atomic mass is 32.2. The number of nitrogens with zero attached hydrogens (tertiary/aromatic N) is 1. The van der Waals surface area contributed by atoms with Gasteiger partial charge in [0.05, 0.1) is 12.4 Å². The predicted molar refractivity (Wildman–Crippen MR) is 74.6 cm³/mol. The Labute approximate surface area is 116 Å². The first kappa shape index (κ1) is 15.7. The molecule has 0 saturated heterocycles. The fourth-order valence-electron chi connectivity index (χ4n) is 1.55. The summed E-state index contributed by atoms with van der Waals surface area (Å²) < 4.78 is 4.83. The van der Waals surface area contributed by atoms with Gasteiger partial charge in [0.15, 0.2) is 5.16 Å². The van der Waals surface area contributed by atoms with Crippen LogP contribution in [0.4, 0.5) is 0 Å². The van der Waals surface area contributed by atoms with Crippen LogP contribution in [-0.2, 0) is 16.0 Å². The van der Waals surface area contributed by atoms with E-state index in [9.17, 15) is 9.59 Å². The fourth-order valence-corrected chi connectivity index (χ4v) is 2.28. The standard InChI is InChI=1S/C12H19N3O3S/c1-4-9-8(2)14-12(15-11(9)17)19-7-10(16)13-5-6-18-3/h4-7H2,1-3H3,(H,13,16)(H,14,15,17). The highest BCUT2D eigenvalue weighted by Gasteiger charge is 2.08. The van der Waals surface area contributed by atoms with Crippen LogP contribution in [0.5, 0.6) is 0 Å². The van der Waals surface area contributed by atoms with Gasteiger partial charge in [0, 0.05) is 24.9 Å². The molecule has 0 aliphatic carbocycles. The minimum Gasteiger partial charge on any atom is -0.383 e. The molecule has 0 aliphatic rings. The summed E-state index contributed by atoms with van der Waals surface area (Å²) in [5, 5.41) is 3.17. The highest BCUT2D eigenvalue weighted by Crippen LogP contribution is 2.12. The van der Waals surface area contributed by atoms with Gasteiger partial charge < -0.3 is 15.0 Å². The summed E-state index contributed by atoms with van der Waals surface area (Å²) in [6.45, 7) is 4.68. The molecular weight excluding hydrogens is 266 g/mol. The molecular formula is C12H19N3O3S. The third-order valence-electron chi connectivity index (χ3n) is 2.52. The molecule has 1 aromatic rings. The molecule has 2 N–H and O–H groups in total. The van der Waals surface area contributed by atoms with E-state index < -0.39 is 0 Å². The SMILES string of the molecule is CCc1c(C)nc(SCC(=O)NCCOC)[nH]c1=O. The summed E-state index contributed by atoms with van der Waals surface area (Å²) in [4.78, 5) is 30.2. The van der Waals surface area contributed by atoms with Crippen LogP contribution in [0.3, 0.4) is 0 Å². The number of hydrogen-bond donors (Lipinski definition) is 2. The monoisotopic (exact) mass is 285 g/mol. The number of aromatic amines is 1. The molecule has 0 aromatic carbocycles. The Morgan fingerprint density at radius 1 is 1.53 bits per heavy atom. The Hall–Kier alpha value is -1.34. The van der Waals surface area contributed by atoms with Gasteiger partial charge in [-0.1, -0.05) is 18.7 Å². The predicted octanol–water partition coefficient (Wildman–Crippen LogP) is 0.495. The van der Waals surface area contributed by atoms with E-state index in [1.165, 1.54) is 11.8 Å². The number of nitrogens with one attached hydrogen (secondary N) is 2. The Kier molecular flexibility index (Phi) is 6.58. The molecule has 1 amide bonds. The number of H-pyrrole nitrogens is 1. The number of carbonyl (C=O) groups excluding carboxylic acids is 1. The average Bonchev–Trinajstić information content (AvgIpc) is 2.36. The topological polar surface area (TPSA) is 84.1 Å². The zero-order chi connectivity index (χ0) is 14.3. The highest BCUT2D eigenvalue weighted by molar-refractivity contribution is 7.99. The summed E-state index contributed by atoms with van der Waals surface area (Å²) in [7, 11) is 1.58. The molecule has 0 saturated carbocycles. The van der Waals surface area contributed by atoms with Gasteiger partial charge in [-0.2, -0.15) is 0 Å². The van der Waals surface area contributed by atoms with Gasteiger partial charge in [0.25, 0.3) is 5.56 Å². The zero-order valence-corrected chi connectivity index (χ0v) is 12.2. The molecule has 1 heterocycles. The van der Waals surface area contributed by atoms with E-state index in [1.54, 1.807) is 14.0 Å². The maximum Gasteiger partial charge on any atom is 0.254 e. The van der Waals surface area contributed by atoms with Crippen molar-refractivity contribution in [1.82, 2.24) is 15.3 Å². The van der Waals surface area contributed by atoms with Crippen LogP contribution in [0.25, 0.3) is 0 Å². The third-order valence-corrected chi connectivity index (χ3v) is 3.40. The van der Waals surface area contributed by atoms with E-state index in [0.29, 0.717) is 36.0 Å². The molecule has 0 spiro atoms. The Morgan fingerprint density at radius 2 is 2.26 bits per heavy atom. The number of ether oxygens (including phenoxy) is 1. The second kappa shape index (κ2) is 7.96. The number of aryl methyl sites for hydroxylation is 1. The van der Waals surface area contributed by atoms with Gasteiger partial charge in [0.1, 0.15) is 0 Å². The second-order valence-electron chi connectivity index (χ2n) is 3.92. The number of methoxy groups -OCH3 is 1. The minimum absolute atomic E-state index is 0.109. The second-order valence-corrected chi connectivity index (χ2v) is 4.88. The van der Waals surface area contributed by atoms with Crippen molar-refractivity contribution >= 4 is 17.7 Å². The number of carbonyl (C=O) groups is 1. The first-order chi connectivity index (χ1) is 9.08. The first-order valence-corrected chi connectivity index (χ1v) is 7.05. The largest absolute Gasteiger partial charge is 0.383 e. The Balaban J connectivity index is 2.54. The molecule has 7 heteroatoms. The lowest BCUT2D eigenvalue weighted by atomic mass is 10.2. The number of thioether (sulfide) groups is 1. The van der Waals surface area contributed by atoms with Crippen LogP contribution in [0, 0.1) is 6.92 Å². The van der Waals surface area contributed by atoms with Crippen molar-refractivity contribution in [1.29, 1.82) is 0 Å². The molecule has 1 rings (SSSR count). The van der Waals surface area contributed by atoms with E-state index in [-0.39, 0.29) is 17.2 Å². The van der Waals surface area contributed by atoms with Crippen molar-refractivity contribution < 1.29 is 9.53 Å². The van der Waals surface area contributed by atoms with Crippen molar-refractivity contribution in [3.8, 4) is 0 Å². The normalized spacial score (nSPS) is 10.5. The molecule has 0 radical (unpaired) electrons. The first-order valence-electron chi connectivity index (χ1n) is 6.06. The quantitative estimate of drug-likeness (QED) is 0.433. The van der Waals surface area contributed by atoms with Crippen LogP contribution >= 0.6 is 11.8 Å². The lowest BCUT2D eigenvalue weighted by Gasteiger charge is -2.06. The van der Waals surface area contributed by atoms with Crippen molar-refractivity contribution in [2.75, 3.05) is 26.0 Å². The molecule has 106 valence electrons.